The first kappa shape index (κ1) is 20.0. The molecule has 0 bridgehead atoms. The third-order valence-corrected chi connectivity index (χ3v) is 6.46. The van der Waals surface area contributed by atoms with Crippen molar-refractivity contribution in [3.8, 4) is 0 Å². The third-order valence-electron chi connectivity index (χ3n) is 4.66. The fourth-order valence-corrected chi connectivity index (χ4v) is 4.11. The Balaban J connectivity index is 1.71. The van der Waals surface area contributed by atoms with Gasteiger partial charge in [0.05, 0.1) is 11.4 Å². The van der Waals surface area contributed by atoms with Crippen LogP contribution in [0.15, 0.2) is 71.6 Å². The van der Waals surface area contributed by atoms with Gasteiger partial charge in [-0.2, -0.15) is 4.31 Å². The Labute approximate surface area is 166 Å². The van der Waals surface area contributed by atoms with E-state index in [4.69, 9.17) is 0 Å². The molecule has 28 heavy (non-hydrogen) atoms. The molecule has 0 aliphatic rings. The highest BCUT2D eigenvalue weighted by Crippen LogP contribution is 2.21. The highest BCUT2D eigenvalue weighted by molar-refractivity contribution is 7.89. The number of amides is 1. The Morgan fingerprint density at radius 1 is 0.964 bits per heavy atom. The van der Waals surface area contributed by atoms with E-state index >= 15 is 0 Å². The Kier molecular flexibility index (Phi) is 5.82. The van der Waals surface area contributed by atoms with Crippen LogP contribution >= 0.6 is 0 Å². The van der Waals surface area contributed by atoms with Crippen molar-refractivity contribution >= 4 is 32.4 Å². The molecule has 5 nitrogen and oxygen atoms in total. The van der Waals surface area contributed by atoms with E-state index < -0.39 is 10.0 Å². The molecule has 0 saturated heterocycles. The van der Waals surface area contributed by atoms with Crippen LogP contribution in [0.25, 0.3) is 10.8 Å². The Hall–Kier alpha value is -2.70. The van der Waals surface area contributed by atoms with Crippen molar-refractivity contribution < 1.29 is 13.2 Å². The van der Waals surface area contributed by atoms with E-state index in [1.165, 1.54) is 12.6 Å². The summed E-state index contributed by atoms with van der Waals surface area (Å²) in [6.45, 7) is 3.93. The molecule has 0 aliphatic heterocycles. The molecule has 1 N–H and O–H groups in total. The zero-order valence-electron chi connectivity index (χ0n) is 16.2. The van der Waals surface area contributed by atoms with E-state index in [0.717, 1.165) is 15.1 Å². The van der Waals surface area contributed by atoms with Crippen molar-refractivity contribution in [1.82, 2.24) is 4.31 Å². The number of sulfonamides is 1. The fourth-order valence-electron chi connectivity index (χ4n) is 2.95. The predicted octanol–water partition coefficient (Wildman–Crippen LogP) is 4.22. The first-order valence-corrected chi connectivity index (χ1v) is 10.6. The number of carbonyl (C=O) groups excluding carboxylic acids is 1. The second-order valence-corrected chi connectivity index (χ2v) is 9.14. The maximum atomic E-state index is 12.8. The van der Waals surface area contributed by atoms with Crippen molar-refractivity contribution in [3.63, 3.8) is 0 Å². The van der Waals surface area contributed by atoms with Crippen LogP contribution in [0, 0.1) is 0 Å². The molecular weight excluding hydrogens is 372 g/mol. The zero-order valence-corrected chi connectivity index (χ0v) is 17.0. The van der Waals surface area contributed by atoms with Crippen molar-refractivity contribution in [2.75, 3.05) is 18.9 Å². The second-order valence-electron chi connectivity index (χ2n) is 7.09. The smallest absolute Gasteiger partial charge is 0.243 e. The van der Waals surface area contributed by atoms with Gasteiger partial charge in [0.1, 0.15) is 0 Å². The SMILES string of the molecule is CC(C)c1ccc(NC(=O)CN(C)S(=O)(=O)c2ccc3ccccc3c2)cc1. The van der Waals surface area contributed by atoms with Crippen LogP contribution in [-0.4, -0.2) is 32.2 Å². The standard InChI is InChI=1S/C22H24N2O3S/c1-16(2)17-8-11-20(12-9-17)23-22(25)15-24(3)28(26,27)21-13-10-18-6-4-5-7-19(18)14-21/h4-14,16H,15H2,1-3H3,(H,23,25). The molecule has 0 unspecified atom stereocenters. The summed E-state index contributed by atoms with van der Waals surface area (Å²) in [6, 6.07) is 20.1. The number of carbonyl (C=O) groups is 1. The molecule has 0 aromatic heterocycles. The molecule has 0 aliphatic carbocycles. The van der Waals surface area contributed by atoms with Crippen LogP contribution in [0.2, 0.25) is 0 Å². The summed E-state index contributed by atoms with van der Waals surface area (Å²) < 4.78 is 26.7. The van der Waals surface area contributed by atoms with E-state index in [2.05, 4.69) is 19.2 Å². The number of nitrogens with zero attached hydrogens (tertiary/aromatic N) is 1. The van der Waals surface area contributed by atoms with E-state index in [1.807, 2.05) is 48.5 Å². The minimum Gasteiger partial charge on any atom is -0.325 e. The van der Waals surface area contributed by atoms with Crippen LogP contribution < -0.4 is 5.32 Å². The Bertz CT molecular complexity index is 1090. The number of nitrogens with one attached hydrogen (secondary N) is 1. The summed E-state index contributed by atoms with van der Waals surface area (Å²) in [4.78, 5) is 12.5. The van der Waals surface area contributed by atoms with E-state index in [9.17, 15) is 13.2 Å². The average molecular weight is 397 g/mol. The van der Waals surface area contributed by atoms with Gasteiger partial charge in [-0.25, -0.2) is 8.42 Å². The van der Waals surface area contributed by atoms with E-state index in [1.54, 1.807) is 18.2 Å². The molecule has 0 spiro atoms. The second kappa shape index (κ2) is 8.12. The number of fused-ring (bicyclic) bond motifs is 1. The lowest BCUT2D eigenvalue weighted by Crippen LogP contribution is -2.34. The minimum atomic E-state index is -3.76. The monoisotopic (exact) mass is 396 g/mol. The predicted molar refractivity (Wildman–Crippen MR) is 113 cm³/mol. The summed E-state index contributed by atoms with van der Waals surface area (Å²) in [6.07, 6.45) is 0. The van der Waals surface area contributed by atoms with Crippen molar-refractivity contribution in [2.24, 2.45) is 0 Å². The van der Waals surface area contributed by atoms with E-state index in [-0.39, 0.29) is 17.3 Å². The number of likely N-dealkylation sites (N-methyl/N-ethyl adjacent to an activating group) is 1. The van der Waals surface area contributed by atoms with Gasteiger partial charge in [-0.15, -0.1) is 0 Å². The average Bonchev–Trinajstić information content (AvgIpc) is 2.67. The lowest BCUT2D eigenvalue weighted by atomic mass is 10.0. The molecule has 0 radical (unpaired) electrons. The first-order chi connectivity index (χ1) is 13.3. The number of benzene rings is 3. The van der Waals surface area contributed by atoms with Gasteiger partial charge in [0.2, 0.25) is 15.9 Å². The zero-order chi connectivity index (χ0) is 20.3. The summed E-state index contributed by atoms with van der Waals surface area (Å²) in [5, 5.41) is 4.55. The van der Waals surface area contributed by atoms with Gasteiger partial charge >= 0.3 is 0 Å². The largest absolute Gasteiger partial charge is 0.325 e. The quantitative estimate of drug-likeness (QED) is 0.678. The van der Waals surface area contributed by atoms with Gasteiger partial charge in [0.15, 0.2) is 0 Å². The van der Waals surface area contributed by atoms with Crippen LogP contribution in [-0.2, 0) is 14.8 Å². The van der Waals surface area contributed by atoms with Gasteiger partial charge in [-0.05, 0) is 46.5 Å². The normalized spacial score (nSPS) is 11.9. The van der Waals surface area contributed by atoms with E-state index in [0.29, 0.717) is 11.6 Å². The molecule has 0 atom stereocenters. The number of rotatable bonds is 6. The number of hydrogen-bond acceptors (Lipinski definition) is 3. The van der Waals surface area contributed by atoms with Crippen molar-refractivity contribution in [1.29, 1.82) is 0 Å². The molecular formula is C22H24N2O3S. The summed E-state index contributed by atoms with van der Waals surface area (Å²) in [5.74, 6) is 0.0205. The van der Waals surface area contributed by atoms with Gasteiger partial charge in [0.25, 0.3) is 0 Å². The summed E-state index contributed by atoms with van der Waals surface area (Å²) >= 11 is 0. The lowest BCUT2D eigenvalue weighted by molar-refractivity contribution is -0.116. The molecule has 1 amide bonds. The summed E-state index contributed by atoms with van der Waals surface area (Å²) in [7, 11) is -2.35. The molecule has 146 valence electrons. The van der Waals surface area contributed by atoms with Crippen LogP contribution in [0.4, 0.5) is 5.69 Å². The van der Waals surface area contributed by atoms with Crippen LogP contribution in [0.5, 0.6) is 0 Å². The highest BCUT2D eigenvalue weighted by atomic mass is 32.2. The molecule has 0 fully saturated rings. The molecule has 3 rings (SSSR count). The maximum Gasteiger partial charge on any atom is 0.243 e. The maximum absolute atomic E-state index is 12.8. The number of hydrogen-bond donors (Lipinski definition) is 1. The Morgan fingerprint density at radius 3 is 2.25 bits per heavy atom. The first-order valence-electron chi connectivity index (χ1n) is 9.12. The highest BCUT2D eigenvalue weighted by Gasteiger charge is 2.23. The van der Waals surface area contributed by atoms with Crippen LogP contribution in [0.3, 0.4) is 0 Å². The summed E-state index contributed by atoms with van der Waals surface area (Å²) in [5.41, 5.74) is 1.82. The topological polar surface area (TPSA) is 66.5 Å². The Morgan fingerprint density at radius 2 is 1.61 bits per heavy atom. The molecule has 3 aromatic rings. The minimum absolute atomic E-state index is 0.169. The van der Waals surface area contributed by atoms with Crippen LogP contribution in [0.1, 0.15) is 25.3 Å². The van der Waals surface area contributed by atoms with Gasteiger partial charge in [-0.1, -0.05) is 56.3 Å². The molecule has 0 saturated carbocycles. The van der Waals surface area contributed by atoms with Crippen molar-refractivity contribution in [2.45, 2.75) is 24.7 Å². The molecule has 0 heterocycles. The van der Waals surface area contributed by atoms with Crippen molar-refractivity contribution in [3.05, 3.63) is 72.3 Å². The molecule has 6 heteroatoms. The van der Waals surface area contributed by atoms with Gasteiger partial charge < -0.3 is 5.32 Å². The molecule has 3 aromatic carbocycles. The van der Waals surface area contributed by atoms with Gasteiger partial charge in [0, 0.05) is 12.7 Å². The number of anilines is 1. The fraction of sp³-hybridized carbons (Fsp3) is 0.227. The van der Waals surface area contributed by atoms with Gasteiger partial charge in [-0.3, -0.25) is 4.79 Å². The third kappa shape index (κ3) is 4.40. The lowest BCUT2D eigenvalue weighted by Gasteiger charge is -2.17.